The zero-order valence-corrected chi connectivity index (χ0v) is 29.8. The Hall–Kier alpha value is -3.14. The third-order valence-corrected chi connectivity index (χ3v) is 10.2. The second-order valence-electron chi connectivity index (χ2n) is 14.5. The molecule has 0 amide bonds. The van der Waals surface area contributed by atoms with E-state index in [1.807, 2.05) is 31.2 Å². The first kappa shape index (κ1) is 37.3. The smallest absolute Gasteiger partial charge is 0.123 e. The minimum absolute atomic E-state index is 0.0194. The molecule has 0 aromatic heterocycles. The zero-order valence-electron chi connectivity index (χ0n) is 29.8. The minimum atomic E-state index is 0.0194. The summed E-state index contributed by atoms with van der Waals surface area (Å²) in [5.74, 6) is 2.39. The molecule has 0 fully saturated rings. The number of benzene rings is 2. The summed E-state index contributed by atoms with van der Waals surface area (Å²) >= 11 is 0. The van der Waals surface area contributed by atoms with E-state index in [0.717, 1.165) is 73.6 Å². The van der Waals surface area contributed by atoms with Crippen molar-refractivity contribution in [1.29, 1.82) is 0 Å². The van der Waals surface area contributed by atoms with Gasteiger partial charge in [0.1, 0.15) is 23.0 Å². The third kappa shape index (κ3) is 9.93. The molecule has 0 heterocycles. The van der Waals surface area contributed by atoms with Gasteiger partial charge >= 0.3 is 0 Å². The van der Waals surface area contributed by atoms with Crippen LogP contribution >= 0.6 is 0 Å². The van der Waals surface area contributed by atoms with E-state index in [-0.39, 0.29) is 40.8 Å². The van der Waals surface area contributed by atoms with Gasteiger partial charge in [-0.3, -0.25) is 0 Å². The molecule has 4 rings (SSSR count). The number of allylic oxidation sites excluding steroid dienone is 5. The lowest BCUT2D eigenvalue weighted by Gasteiger charge is -2.33. The predicted octanol–water partition coefficient (Wildman–Crippen LogP) is 11.8. The number of rotatable bonds is 12. The highest BCUT2D eigenvalue weighted by atomic mass is 16.3. The lowest BCUT2D eigenvalue weighted by Crippen LogP contribution is -2.21. The van der Waals surface area contributed by atoms with Crippen LogP contribution in [-0.4, -0.2) is 20.4 Å². The molecular weight excluding hydrogens is 568 g/mol. The van der Waals surface area contributed by atoms with Gasteiger partial charge in [0.05, 0.1) is 0 Å². The lowest BCUT2D eigenvalue weighted by atomic mass is 9.71. The van der Waals surface area contributed by atoms with E-state index in [1.54, 1.807) is 0 Å². The Balaban J connectivity index is 0.000000250. The van der Waals surface area contributed by atoms with Crippen LogP contribution in [0, 0.1) is 17.8 Å². The second kappa shape index (κ2) is 17.7. The summed E-state index contributed by atoms with van der Waals surface area (Å²) in [7, 11) is 0. The number of aryl methyl sites for hydroxylation is 2. The number of unbranched alkanes of at least 4 members (excludes halogenated alkanes) is 4. The highest BCUT2D eigenvalue weighted by Crippen LogP contribution is 2.48. The fourth-order valence-electron chi connectivity index (χ4n) is 7.53. The van der Waals surface area contributed by atoms with Gasteiger partial charge in [0.2, 0.25) is 0 Å². The zero-order chi connectivity index (χ0) is 34.0. The van der Waals surface area contributed by atoms with E-state index in [4.69, 9.17) is 0 Å². The fourth-order valence-corrected chi connectivity index (χ4v) is 7.53. The molecule has 254 valence electrons. The van der Waals surface area contributed by atoms with E-state index in [0.29, 0.717) is 17.4 Å². The fraction of sp³-hybridized carbons (Fsp3) is 0.571. The minimum Gasteiger partial charge on any atom is -0.507 e. The van der Waals surface area contributed by atoms with Crippen molar-refractivity contribution in [2.24, 2.45) is 17.8 Å². The first-order valence-electron chi connectivity index (χ1n) is 18.0. The Bertz CT molecular complexity index is 1320. The number of phenols is 4. The van der Waals surface area contributed by atoms with Crippen LogP contribution in [-0.2, 0) is 12.8 Å². The van der Waals surface area contributed by atoms with Crippen molar-refractivity contribution in [3.63, 3.8) is 0 Å². The third-order valence-electron chi connectivity index (χ3n) is 10.2. The molecular formula is C42H62O4. The molecule has 4 heteroatoms. The van der Waals surface area contributed by atoms with Crippen molar-refractivity contribution in [2.75, 3.05) is 0 Å². The standard InChI is InChI=1S/C21H32O2.C21H30O2/c2*1-5-6-7-8-16-12-19(22)21(20(23)13-16)18-11-15(4)9-10-17(18)14(2)3/h11-14,17-18,22-23H,5-10H2,1-4H3;11-13,17-18,22-23H,2,5-10H2,1,3-4H3/t2*17-,18?/m00/s1. The average molecular weight is 631 g/mol. The van der Waals surface area contributed by atoms with Crippen molar-refractivity contribution in [3.05, 3.63) is 82.0 Å². The predicted molar refractivity (Wildman–Crippen MR) is 194 cm³/mol. The molecule has 4 nitrogen and oxygen atoms in total. The van der Waals surface area contributed by atoms with E-state index >= 15 is 0 Å². The Morgan fingerprint density at radius 3 is 1.52 bits per heavy atom. The van der Waals surface area contributed by atoms with E-state index in [1.165, 1.54) is 36.8 Å². The molecule has 2 unspecified atom stereocenters. The van der Waals surface area contributed by atoms with Crippen LogP contribution in [0.2, 0.25) is 0 Å². The number of phenolic OH excluding ortho intramolecular Hbond substituents is 4. The topological polar surface area (TPSA) is 80.9 Å². The molecule has 2 aliphatic carbocycles. The largest absolute Gasteiger partial charge is 0.507 e. The normalized spacial score (nSPS) is 21.3. The first-order valence-corrected chi connectivity index (χ1v) is 18.0. The highest BCUT2D eigenvalue weighted by Gasteiger charge is 2.32. The van der Waals surface area contributed by atoms with E-state index < -0.39 is 0 Å². The maximum absolute atomic E-state index is 10.6. The lowest BCUT2D eigenvalue weighted by molar-refractivity contribution is 0.304. The molecule has 2 aromatic rings. The SMILES string of the molecule is C=C(C)[C@@H]1CCC(C)=CC1c1c(O)cc(CCCCC)cc1O.CCCCCc1cc(O)c(C2C=C(C)CC[C@H]2C(C)C)c(O)c1. The highest BCUT2D eigenvalue weighted by molar-refractivity contribution is 5.52. The van der Waals surface area contributed by atoms with Crippen LogP contribution in [0.25, 0.3) is 0 Å². The van der Waals surface area contributed by atoms with Gasteiger partial charge in [0, 0.05) is 23.0 Å². The Morgan fingerprint density at radius 1 is 0.696 bits per heavy atom. The number of hydrogen-bond acceptors (Lipinski definition) is 4. The van der Waals surface area contributed by atoms with Crippen molar-refractivity contribution >= 4 is 0 Å². The van der Waals surface area contributed by atoms with Crippen LogP contribution in [0.3, 0.4) is 0 Å². The van der Waals surface area contributed by atoms with Gasteiger partial charge in [-0.15, -0.1) is 0 Å². The molecule has 0 spiro atoms. The molecule has 0 aliphatic heterocycles. The molecule has 46 heavy (non-hydrogen) atoms. The van der Waals surface area contributed by atoms with E-state index in [2.05, 4.69) is 60.3 Å². The second-order valence-corrected chi connectivity index (χ2v) is 14.5. The van der Waals surface area contributed by atoms with Gasteiger partial charge in [-0.25, -0.2) is 0 Å². The van der Waals surface area contributed by atoms with Gasteiger partial charge in [-0.1, -0.05) is 88.8 Å². The van der Waals surface area contributed by atoms with Crippen LogP contribution < -0.4 is 0 Å². The van der Waals surface area contributed by atoms with Crippen molar-refractivity contribution in [3.8, 4) is 23.0 Å². The van der Waals surface area contributed by atoms with Gasteiger partial charge in [0.25, 0.3) is 0 Å². The number of hydrogen-bond donors (Lipinski definition) is 4. The van der Waals surface area contributed by atoms with Crippen LogP contribution in [0.4, 0.5) is 0 Å². The molecule has 0 bridgehead atoms. The van der Waals surface area contributed by atoms with Gasteiger partial charge in [-0.2, -0.15) is 0 Å². The molecule has 0 saturated heterocycles. The summed E-state index contributed by atoms with van der Waals surface area (Å²) in [6.45, 7) is 19.3. The Labute approximate surface area is 280 Å². The van der Waals surface area contributed by atoms with Crippen LogP contribution in [0.5, 0.6) is 23.0 Å². The maximum Gasteiger partial charge on any atom is 0.123 e. The van der Waals surface area contributed by atoms with Crippen molar-refractivity contribution < 1.29 is 20.4 Å². The number of aromatic hydroxyl groups is 4. The van der Waals surface area contributed by atoms with E-state index in [9.17, 15) is 20.4 Å². The Morgan fingerprint density at radius 2 is 1.11 bits per heavy atom. The summed E-state index contributed by atoms with van der Waals surface area (Å²) in [6.07, 6.45) is 17.5. The molecule has 4 N–H and O–H groups in total. The average Bonchev–Trinajstić information content (AvgIpc) is 2.97. The van der Waals surface area contributed by atoms with Crippen LogP contribution in [0.15, 0.2) is 59.7 Å². The molecule has 0 radical (unpaired) electrons. The monoisotopic (exact) mass is 630 g/mol. The van der Waals surface area contributed by atoms with Crippen molar-refractivity contribution in [2.45, 2.75) is 137 Å². The molecule has 0 saturated carbocycles. The summed E-state index contributed by atoms with van der Waals surface area (Å²) < 4.78 is 0. The molecule has 2 aliphatic rings. The Kier molecular flexibility index (Phi) is 14.3. The quantitative estimate of drug-likeness (QED) is 0.139. The summed E-state index contributed by atoms with van der Waals surface area (Å²) in [5, 5.41) is 42.3. The van der Waals surface area contributed by atoms with Crippen molar-refractivity contribution in [1.82, 2.24) is 0 Å². The van der Waals surface area contributed by atoms with Gasteiger partial charge in [-0.05, 0) is 125 Å². The first-order chi connectivity index (χ1) is 21.9. The summed E-state index contributed by atoms with van der Waals surface area (Å²) in [6, 6.07) is 7.38. The molecule has 2 aromatic carbocycles. The molecule has 4 atom stereocenters. The van der Waals surface area contributed by atoms with Crippen LogP contribution in [0.1, 0.15) is 147 Å². The van der Waals surface area contributed by atoms with Gasteiger partial charge in [0.15, 0.2) is 0 Å². The summed E-state index contributed by atoms with van der Waals surface area (Å²) in [4.78, 5) is 0. The maximum atomic E-state index is 10.6. The summed E-state index contributed by atoms with van der Waals surface area (Å²) in [5.41, 5.74) is 7.23. The van der Waals surface area contributed by atoms with Gasteiger partial charge < -0.3 is 20.4 Å².